The second-order valence-corrected chi connectivity index (χ2v) is 8.40. The van der Waals surface area contributed by atoms with Crippen molar-refractivity contribution in [3.05, 3.63) is 71.0 Å². The van der Waals surface area contributed by atoms with E-state index in [9.17, 15) is 9.18 Å². The molecule has 0 aliphatic rings. The number of thioether (sulfide) groups is 1. The van der Waals surface area contributed by atoms with Crippen molar-refractivity contribution in [2.24, 2.45) is 0 Å². The van der Waals surface area contributed by atoms with Gasteiger partial charge in [-0.15, -0.1) is 16.4 Å². The molecule has 2 heterocycles. The molecule has 31 heavy (non-hydrogen) atoms. The van der Waals surface area contributed by atoms with Gasteiger partial charge in [-0.3, -0.25) is 4.79 Å². The lowest BCUT2D eigenvalue weighted by Gasteiger charge is -2.05. The van der Waals surface area contributed by atoms with Gasteiger partial charge in [-0.05, 0) is 52.4 Å². The smallest absolute Gasteiger partial charge is 0.236 e. The number of methoxy groups -OCH3 is 1. The molecule has 0 atom stereocenters. The number of anilines is 1. The first-order valence-electron chi connectivity index (χ1n) is 9.15. The number of hydrogen-bond donors (Lipinski definition) is 1. The van der Waals surface area contributed by atoms with Crippen LogP contribution in [0.15, 0.2) is 59.9 Å². The number of benzene rings is 2. The number of halogens is 1. The normalized spacial score (nSPS) is 10.8. The third-order valence-electron chi connectivity index (χ3n) is 4.18. The molecule has 1 N–H and O–H groups in total. The summed E-state index contributed by atoms with van der Waals surface area (Å²) in [5.41, 5.74) is 1.74. The highest BCUT2D eigenvalue weighted by molar-refractivity contribution is 7.99. The molecule has 1 amide bonds. The minimum atomic E-state index is -0.267. The standard InChI is InChI=1S/C20H17FN6O2S2/c1-29-16-8-6-15(7-9-16)27-20(24-25-26-27)30-12-18(28)23-19-22-11-17(31-19)10-13-2-4-14(21)5-3-13/h2-9,11H,10,12H2,1H3,(H,22,23,28). The molecule has 158 valence electrons. The summed E-state index contributed by atoms with van der Waals surface area (Å²) in [6.07, 6.45) is 2.33. The second kappa shape index (κ2) is 9.67. The molecule has 0 fully saturated rings. The number of tetrazole rings is 1. The first-order valence-corrected chi connectivity index (χ1v) is 11.0. The summed E-state index contributed by atoms with van der Waals surface area (Å²) in [7, 11) is 1.60. The van der Waals surface area contributed by atoms with E-state index in [1.165, 1.54) is 35.2 Å². The molecule has 8 nitrogen and oxygen atoms in total. The molecule has 0 saturated carbocycles. The maximum atomic E-state index is 13.0. The summed E-state index contributed by atoms with van der Waals surface area (Å²) in [5.74, 6) is 0.379. The van der Waals surface area contributed by atoms with E-state index in [0.29, 0.717) is 16.7 Å². The van der Waals surface area contributed by atoms with Crippen LogP contribution in [-0.2, 0) is 11.2 Å². The number of rotatable bonds is 8. The lowest BCUT2D eigenvalue weighted by molar-refractivity contribution is -0.113. The van der Waals surface area contributed by atoms with Crippen LogP contribution in [-0.4, -0.2) is 44.0 Å². The van der Waals surface area contributed by atoms with Crippen molar-refractivity contribution in [3.8, 4) is 11.4 Å². The van der Waals surface area contributed by atoms with Gasteiger partial charge >= 0.3 is 0 Å². The van der Waals surface area contributed by atoms with Crippen LogP contribution < -0.4 is 10.1 Å². The van der Waals surface area contributed by atoms with Gasteiger partial charge in [0, 0.05) is 17.5 Å². The highest BCUT2D eigenvalue weighted by Crippen LogP contribution is 2.23. The zero-order valence-corrected chi connectivity index (χ0v) is 18.0. The first-order chi connectivity index (χ1) is 15.1. The van der Waals surface area contributed by atoms with Crippen LogP contribution in [0, 0.1) is 5.82 Å². The Morgan fingerprint density at radius 1 is 1.19 bits per heavy atom. The van der Waals surface area contributed by atoms with Crippen molar-refractivity contribution in [2.45, 2.75) is 11.6 Å². The summed E-state index contributed by atoms with van der Waals surface area (Å²) >= 11 is 2.61. The SMILES string of the molecule is COc1ccc(-n2nnnc2SCC(=O)Nc2ncc(Cc3ccc(F)cc3)s2)cc1. The Morgan fingerprint density at radius 2 is 1.97 bits per heavy atom. The maximum Gasteiger partial charge on any atom is 0.236 e. The van der Waals surface area contributed by atoms with Gasteiger partial charge in [-0.1, -0.05) is 23.9 Å². The average molecular weight is 457 g/mol. The predicted octanol–water partition coefficient (Wildman–Crippen LogP) is 3.59. The van der Waals surface area contributed by atoms with Gasteiger partial charge in [0.05, 0.1) is 18.6 Å². The average Bonchev–Trinajstić information content (AvgIpc) is 3.43. The van der Waals surface area contributed by atoms with Gasteiger partial charge in [-0.2, -0.15) is 4.68 Å². The van der Waals surface area contributed by atoms with E-state index in [4.69, 9.17) is 4.74 Å². The Balaban J connectivity index is 1.32. The van der Waals surface area contributed by atoms with Crippen molar-refractivity contribution >= 4 is 34.1 Å². The molecular formula is C20H17FN6O2S2. The lowest BCUT2D eigenvalue weighted by Crippen LogP contribution is -2.14. The summed E-state index contributed by atoms with van der Waals surface area (Å²) in [4.78, 5) is 17.6. The van der Waals surface area contributed by atoms with Gasteiger partial charge in [-0.25, -0.2) is 9.37 Å². The summed E-state index contributed by atoms with van der Waals surface area (Å²) in [6.45, 7) is 0. The minimum absolute atomic E-state index is 0.128. The predicted molar refractivity (Wildman–Crippen MR) is 116 cm³/mol. The maximum absolute atomic E-state index is 13.0. The summed E-state index contributed by atoms with van der Waals surface area (Å²) in [5, 5.41) is 15.5. The van der Waals surface area contributed by atoms with Crippen LogP contribution in [0.5, 0.6) is 5.75 Å². The number of nitrogens with one attached hydrogen (secondary N) is 1. The van der Waals surface area contributed by atoms with E-state index in [-0.39, 0.29) is 17.5 Å². The lowest BCUT2D eigenvalue weighted by atomic mass is 10.1. The number of carbonyl (C=O) groups excluding carboxylic acids is 1. The van der Waals surface area contributed by atoms with Gasteiger partial charge in [0.1, 0.15) is 11.6 Å². The van der Waals surface area contributed by atoms with Gasteiger partial charge < -0.3 is 10.1 Å². The molecule has 4 rings (SSSR count). The molecule has 0 aliphatic heterocycles. The topological polar surface area (TPSA) is 94.8 Å². The Bertz CT molecular complexity index is 1160. The van der Waals surface area contributed by atoms with Crippen molar-refractivity contribution in [3.63, 3.8) is 0 Å². The Kier molecular flexibility index (Phi) is 6.53. The molecule has 2 aromatic carbocycles. The molecule has 2 aromatic heterocycles. The quantitative estimate of drug-likeness (QED) is 0.405. The Morgan fingerprint density at radius 3 is 2.71 bits per heavy atom. The summed E-state index contributed by atoms with van der Waals surface area (Å²) < 4.78 is 19.7. The number of hydrogen-bond acceptors (Lipinski definition) is 8. The fraction of sp³-hybridized carbons (Fsp3) is 0.150. The van der Waals surface area contributed by atoms with Crippen LogP contribution >= 0.6 is 23.1 Å². The Hall–Kier alpha value is -3.31. The zero-order valence-electron chi connectivity index (χ0n) is 16.4. The zero-order chi connectivity index (χ0) is 21.6. The van der Waals surface area contributed by atoms with Crippen LogP contribution in [0.2, 0.25) is 0 Å². The van der Waals surface area contributed by atoms with Crippen LogP contribution in [0.25, 0.3) is 5.69 Å². The number of aromatic nitrogens is 5. The molecule has 0 saturated heterocycles. The molecule has 0 unspecified atom stereocenters. The third kappa shape index (κ3) is 5.44. The fourth-order valence-corrected chi connectivity index (χ4v) is 4.24. The number of nitrogens with zero attached hydrogens (tertiary/aromatic N) is 5. The molecule has 0 radical (unpaired) electrons. The van der Waals surface area contributed by atoms with Crippen LogP contribution in [0.1, 0.15) is 10.4 Å². The minimum Gasteiger partial charge on any atom is -0.497 e. The van der Waals surface area contributed by atoms with Gasteiger partial charge in [0.2, 0.25) is 11.1 Å². The number of thiazole rings is 1. The molecule has 0 bridgehead atoms. The van der Waals surface area contributed by atoms with E-state index in [2.05, 4.69) is 25.8 Å². The van der Waals surface area contributed by atoms with E-state index >= 15 is 0 Å². The van der Waals surface area contributed by atoms with Crippen LogP contribution in [0.3, 0.4) is 0 Å². The van der Waals surface area contributed by atoms with Crippen molar-refractivity contribution < 1.29 is 13.9 Å². The van der Waals surface area contributed by atoms with Crippen molar-refractivity contribution in [1.82, 2.24) is 25.2 Å². The van der Waals surface area contributed by atoms with E-state index in [0.717, 1.165) is 21.9 Å². The number of ether oxygens (including phenoxy) is 1. The largest absolute Gasteiger partial charge is 0.497 e. The van der Waals surface area contributed by atoms with Gasteiger partial charge in [0.25, 0.3) is 0 Å². The molecule has 0 aliphatic carbocycles. The summed E-state index contributed by atoms with van der Waals surface area (Å²) in [6, 6.07) is 13.6. The van der Waals surface area contributed by atoms with Crippen LogP contribution in [0.4, 0.5) is 9.52 Å². The van der Waals surface area contributed by atoms with E-state index in [1.807, 2.05) is 24.3 Å². The number of carbonyl (C=O) groups is 1. The first kappa shape index (κ1) is 20.9. The second-order valence-electron chi connectivity index (χ2n) is 6.34. The number of amides is 1. The fourth-order valence-electron chi connectivity index (χ4n) is 2.69. The Labute approximate surface area is 185 Å². The van der Waals surface area contributed by atoms with Crippen molar-refractivity contribution in [1.29, 1.82) is 0 Å². The van der Waals surface area contributed by atoms with Gasteiger partial charge in [0.15, 0.2) is 5.13 Å². The monoisotopic (exact) mass is 456 g/mol. The van der Waals surface area contributed by atoms with E-state index in [1.54, 1.807) is 30.1 Å². The molecular weight excluding hydrogens is 439 g/mol. The highest BCUT2D eigenvalue weighted by atomic mass is 32.2. The molecule has 11 heteroatoms. The van der Waals surface area contributed by atoms with Crippen molar-refractivity contribution in [2.75, 3.05) is 18.2 Å². The third-order valence-corrected chi connectivity index (χ3v) is 6.01. The highest BCUT2D eigenvalue weighted by Gasteiger charge is 2.13. The van der Waals surface area contributed by atoms with E-state index < -0.39 is 0 Å². The molecule has 4 aromatic rings. The molecule has 0 spiro atoms.